The van der Waals surface area contributed by atoms with Crippen LogP contribution >= 0.6 is 12.2 Å². The lowest BCUT2D eigenvalue weighted by Crippen LogP contribution is -2.34. The molecule has 1 amide bonds. The van der Waals surface area contributed by atoms with Crippen molar-refractivity contribution in [3.63, 3.8) is 0 Å². The molecule has 1 aromatic rings. The largest absolute Gasteiger partial charge is 0.393 e. The van der Waals surface area contributed by atoms with Crippen LogP contribution in [0.1, 0.15) is 12.8 Å². The first-order valence-electron chi connectivity index (χ1n) is 5.78. The van der Waals surface area contributed by atoms with Gasteiger partial charge in [-0.2, -0.15) is 0 Å². The highest BCUT2D eigenvalue weighted by atomic mass is 32.1. The number of methoxy groups -OCH3 is 1. The van der Waals surface area contributed by atoms with Crippen molar-refractivity contribution in [3.05, 3.63) is 30.3 Å². The Morgan fingerprint density at radius 2 is 2.00 bits per heavy atom. The molecule has 18 heavy (non-hydrogen) atoms. The van der Waals surface area contributed by atoms with Gasteiger partial charge in [-0.05, 0) is 12.1 Å². The number of para-hydroxylation sites is 1. The summed E-state index contributed by atoms with van der Waals surface area (Å²) in [6.45, 7) is 0.914. The molecule has 0 aromatic heterocycles. The van der Waals surface area contributed by atoms with Crippen LogP contribution in [0.5, 0.6) is 0 Å². The summed E-state index contributed by atoms with van der Waals surface area (Å²) in [4.78, 5) is 14.2. The summed E-state index contributed by atoms with van der Waals surface area (Å²) in [6.07, 6.45) is 0.867. The van der Waals surface area contributed by atoms with Gasteiger partial charge in [0, 0.05) is 25.8 Å². The van der Waals surface area contributed by atoms with Crippen LogP contribution in [0.4, 0.5) is 5.69 Å². The van der Waals surface area contributed by atoms with Crippen molar-refractivity contribution in [2.45, 2.75) is 12.8 Å². The molecule has 0 unspecified atom stereocenters. The minimum atomic E-state index is 0.0132. The van der Waals surface area contributed by atoms with Crippen LogP contribution in [0.15, 0.2) is 30.3 Å². The van der Waals surface area contributed by atoms with Crippen molar-refractivity contribution in [2.75, 3.05) is 25.2 Å². The zero-order valence-electron chi connectivity index (χ0n) is 10.5. The second-order valence-corrected chi connectivity index (χ2v) is 4.36. The zero-order chi connectivity index (χ0) is 13.4. The number of hydrogen-bond acceptors (Lipinski definition) is 3. The van der Waals surface area contributed by atoms with E-state index in [-0.39, 0.29) is 5.91 Å². The highest BCUT2D eigenvalue weighted by Gasteiger charge is 2.15. The van der Waals surface area contributed by atoms with Gasteiger partial charge in [0.25, 0.3) is 0 Å². The molecular formula is C13H18N2O2S. The average molecular weight is 266 g/mol. The number of anilines is 1. The van der Waals surface area contributed by atoms with Crippen molar-refractivity contribution < 1.29 is 9.53 Å². The van der Waals surface area contributed by atoms with Gasteiger partial charge in [0.2, 0.25) is 5.91 Å². The number of nitrogens with zero attached hydrogens (tertiary/aromatic N) is 1. The van der Waals surface area contributed by atoms with Crippen molar-refractivity contribution in [2.24, 2.45) is 5.73 Å². The van der Waals surface area contributed by atoms with E-state index in [1.54, 1.807) is 12.0 Å². The maximum atomic E-state index is 12.1. The smallest absolute Gasteiger partial charge is 0.229 e. The molecule has 0 saturated carbocycles. The molecular weight excluding hydrogens is 248 g/mol. The van der Waals surface area contributed by atoms with Gasteiger partial charge < -0.3 is 15.4 Å². The molecule has 1 rings (SSSR count). The topological polar surface area (TPSA) is 55.6 Å². The molecule has 0 radical (unpaired) electrons. The standard InChI is InChI=1S/C13H18N2O2S/c1-17-10-8-13(16)15(9-7-12(14)18)11-5-3-2-4-6-11/h2-6H,7-10H2,1H3,(H2,14,18). The summed E-state index contributed by atoms with van der Waals surface area (Å²) < 4.78 is 4.93. The predicted octanol–water partition coefficient (Wildman–Crippen LogP) is 1.73. The van der Waals surface area contributed by atoms with Crippen LogP contribution in [0, 0.1) is 0 Å². The Morgan fingerprint density at radius 3 is 2.56 bits per heavy atom. The molecule has 0 fully saturated rings. The van der Waals surface area contributed by atoms with E-state index in [2.05, 4.69) is 0 Å². The average Bonchev–Trinajstić information content (AvgIpc) is 2.37. The van der Waals surface area contributed by atoms with Crippen LogP contribution in [0.25, 0.3) is 0 Å². The van der Waals surface area contributed by atoms with Crippen molar-refractivity contribution >= 4 is 28.8 Å². The fourth-order valence-corrected chi connectivity index (χ4v) is 1.64. The Labute approximate surface area is 113 Å². The van der Waals surface area contributed by atoms with Crippen LogP contribution in [-0.2, 0) is 9.53 Å². The van der Waals surface area contributed by atoms with E-state index < -0.39 is 0 Å². The fourth-order valence-electron chi connectivity index (χ4n) is 1.55. The van der Waals surface area contributed by atoms with E-state index in [1.807, 2.05) is 30.3 Å². The second-order valence-electron chi connectivity index (χ2n) is 3.84. The minimum absolute atomic E-state index is 0.0132. The Balaban J connectivity index is 2.74. The molecule has 0 bridgehead atoms. The van der Waals surface area contributed by atoms with Crippen molar-refractivity contribution in [1.82, 2.24) is 0 Å². The van der Waals surface area contributed by atoms with Gasteiger partial charge in [0.15, 0.2) is 0 Å². The minimum Gasteiger partial charge on any atom is -0.393 e. The molecule has 5 heteroatoms. The van der Waals surface area contributed by atoms with Gasteiger partial charge in [0.05, 0.1) is 18.0 Å². The van der Waals surface area contributed by atoms with Gasteiger partial charge in [0.1, 0.15) is 0 Å². The fraction of sp³-hybridized carbons (Fsp3) is 0.385. The van der Waals surface area contributed by atoms with E-state index in [4.69, 9.17) is 22.7 Å². The van der Waals surface area contributed by atoms with Gasteiger partial charge in [-0.15, -0.1) is 0 Å². The number of carbonyl (C=O) groups excluding carboxylic acids is 1. The first kappa shape index (κ1) is 14.6. The number of rotatable bonds is 7. The molecule has 2 N–H and O–H groups in total. The van der Waals surface area contributed by atoms with Crippen LogP contribution in [0.3, 0.4) is 0 Å². The molecule has 0 aliphatic heterocycles. The van der Waals surface area contributed by atoms with Crippen molar-refractivity contribution in [3.8, 4) is 0 Å². The number of thiocarbonyl (C=S) groups is 1. The Kier molecular flexibility index (Phi) is 6.32. The first-order chi connectivity index (χ1) is 8.65. The quantitative estimate of drug-likeness (QED) is 0.764. The van der Waals surface area contributed by atoms with E-state index in [0.717, 1.165) is 5.69 Å². The second kappa shape index (κ2) is 7.79. The Morgan fingerprint density at radius 1 is 1.33 bits per heavy atom. The summed E-state index contributed by atoms with van der Waals surface area (Å²) in [5, 5.41) is 0. The highest BCUT2D eigenvalue weighted by molar-refractivity contribution is 7.80. The number of amides is 1. The predicted molar refractivity (Wildman–Crippen MR) is 76.7 cm³/mol. The number of benzene rings is 1. The van der Waals surface area contributed by atoms with Gasteiger partial charge in [-0.25, -0.2) is 0 Å². The van der Waals surface area contributed by atoms with E-state index >= 15 is 0 Å². The molecule has 0 aliphatic carbocycles. The van der Waals surface area contributed by atoms with E-state index in [0.29, 0.717) is 31.0 Å². The molecule has 0 spiro atoms. The van der Waals surface area contributed by atoms with Crippen LogP contribution < -0.4 is 10.6 Å². The summed E-state index contributed by atoms with van der Waals surface area (Å²) in [5.74, 6) is 0.0132. The lowest BCUT2D eigenvalue weighted by Gasteiger charge is -2.22. The third-order valence-electron chi connectivity index (χ3n) is 2.47. The maximum Gasteiger partial charge on any atom is 0.229 e. The molecule has 98 valence electrons. The number of ether oxygens (including phenoxy) is 1. The molecule has 1 aromatic carbocycles. The number of carbonyl (C=O) groups is 1. The van der Waals surface area contributed by atoms with Crippen LogP contribution in [0.2, 0.25) is 0 Å². The third kappa shape index (κ3) is 4.81. The summed E-state index contributed by atoms with van der Waals surface area (Å²) in [5.41, 5.74) is 6.34. The van der Waals surface area contributed by atoms with Gasteiger partial charge in [-0.3, -0.25) is 4.79 Å². The highest BCUT2D eigenvalue weighted by Crippen LogP contribution is 2.15. The lowest BCUT2D eigenvalue weighted by molar-refractivity contribution is -0.119. The molecule has 0 heterocycles. The monoisotopic (exact) mass is 266 g/mol. The molecule has 4 nitrogen and oxygen atoms in total. The van der Waals surface area contributed by atoms with Crippen LogP contribution in [-0.4, -0.2) is 31.2 Å². The SMILES string of the molecule is COCCC(=O)N(CCC(N)=S)c1ccccc1. The van der Waals surface area contributed by atoms with E-state index in [1.165, 1.54) is 0 Å². The number of hydrogen-bond donors (Lipinski definition) is 1. The molecule has 0 saturated heterocycles. The van der Waals surface area contributed by atoms with Crippen molar-refractivity contribution in [1.29, 1.82) is 0 Å². The summed E-state index contributed by atoms with van der Waals surface area (Å²) in [6, 6.07) is 9.49. The van der Waals surface area contributed by atoms with Gasteiger partial charge in [-0.1, -0.05) is 30.4 Å². The van der Waals surface area contributed by atoms with Gasteiger partial charge >= 0.3 is 0 Å². The first-order valence-corrected chi connectivity index (χ1v) is 6.18. The maximum absolute atomic E-state index is 12.1. The molecule has 0 aliphatic rings. The Hall–Kier alpha value is -1.46. The molecule has 0 atom stereocenters. The normalized spacial score (nSPS) is 10.1. The zero-order valence-corrected chi connectivity index (χ0v) is 11.3. The summed E-state index contributed by atoms with van der Waals surface area (Å²) >= 11 is 4.85. The Bertz CT molecular complexity index is 395. The lowest BCUT2D eigenvalue weighted by atomic mass is 10.2. The number of nitrogens with two attached hydrogens (primary N) is 1. The third-order valence-corrected chi connectivity index (χ3v) is 2.67. The summed E-state index contributed by atoms with van der Waals surface area (Å²) in [7, 11) is 1.58. The van der Waals surface area contributed by atoms with E-state index in [9.17, 15) is 4.79 Å².